The number of aromatic nitrogens is 2. The molecule has 4 rings (SSSR count). The first kappa shape index (κ1) is 17.0. The molecule has 27 heavy (non-hydrogen) atoms. The summed E-state index contributed by atoms with van der Waals surface area (Å²) < 4.78 is 5.42. The van der Waals surface area contributed by atoms with Crippen molar-refractivity contribution in [2.45, 2.75) is 0 Å². The van der Waals surface area contributed by atoms with Crippen LogP contribution in [0, 0.1) is 0 Å². The van der Waals surface area contributed by atoms with Crippen molar-refractivity contribution < 1.29 is 9.53 Å². The number of rotatable bonds is 3. The molecule has 0 aliphatic heterocycles. The van der Waals surface area contributed by atoms with Crippen LogP contribution in [0.15, 0.2) is 77.6 Å². The van der Waals surface area contributed by atoms with E-state index < -0.39 is 5.97 Å². The van der Waals surface area contributed by atoms with Crippen molar-refractivity contribution in [3.05, 3.63) is 93.7 Å². The van der Waals surface area contributed by atoms with E-state index in [0.717, 1.165) is 0 Å². The molecule has 0 saturated heterocycles. The second kappa shape index (κ2) is 7.05. The fraction of sp³-hybridized carbons (Fsp3) is 0. The zero-order valence-electron chi connectivity index (χ0n) is 14.0. The lowest BCUT2D eigenvalue weighted by Gasteiger charge is -2.08. The molecule has 0 unspecified atom stereocenters. The molecule has 0 spiro atoms. The van der Waals surface area contributed by atoms with Crippen LogP contribution in [0.5, 0.6) is 5.75 Å². The van der Waals surface area contributed by atoms with Crippen molar-refractivity contribution in [3.8, 4) is 17.1 Å². The van der Waals surface area contributed by atoms with Gasteiger partial charge in [-0.1, -0.05) is 48.0 Å². The number of ether oxygens (including phenoxy) is 1. The summed E-state index contributed by atoms with van der Waals surface area (Å²) >= 11 is 6.03. The average molecular weight is 377 g/mol. The number of aromatic amines is 1. The fourth-order valence-corrected chi connectivity index (χ4v) is 2.93. The van der Waals surface area contributed by atoms with E-state index in [4.69, 9.17) is 16.3 Å². The summed E-state index contributed by atoms with van der Waals surface area (Å²) in [5.74, 6) is 0.167. The lowest BCUT2D eigenvalue weighted by atomic mass is 10.2. The molecule has 1 heterocycles. The highest BCUT2D eigenvalue weighted by atomic mass is 35.5. The van der Waals surface area contributed by atoms with Crippen molar-refractivity contribution in [3.63, 3.8) is 0 Å². The van der Waals surface area contributed by atoms with Crippen LogP contribution < -0.4 is 10.3 Å². The Kier molecular flexibility index (Phi) is 4.44. The number of halogens is 1. The Bertz CT molecular complexity index is 1220. The zero-order chi connectivity index (χ0) is 18.8. The molecule has 0 aliphatic rings. The highest BCUT2D eigenvalue weighted by Crippen LogP contribution is 2.23. The molecule has 132 valence electrons. The van der Waals surface area contributed by atoms with Crippen LogP contribution in [0.4, 0.5) is 0 Å². The van der Waals surface area contributed by atoms with E-state index in [1.54, 1.807) is 66.7 Å². The predicted octanol–water partition coefficient (Wildman–Crippen LogP) is 4.46. The number of esters is 1. The molecule has 1 aromatic heterocycles. The van der Waals surface area contributed by atoms with Gasteiger partial charge in [0, 0.05) is 5.56 Å². The van der Waals surface area contributed by atoms with Crippen LogP contribution in [0.3, 0.4) is 0 Å². The largest absolute Gasteiger partial charge is 0.423 e. The number of nitrogens with zero attached hydrogens (tertiary/aromatic N) is 1. The molecule has 1 N–H and O–H groups in total. The van der Waals surface area contributed by atoms with Gasteiger partial charge in [0.2, 0.25) is 0 Å². The highest BCUT2D eigenvalue weighted by molar-refractivity contribution is 6.33. The van der Waals surface area contributed by atoms with Crippen LogP contribution in [-0.2, 0) is 0 Å². The van der Waals surface area contributed by atoms with E-state index in [1.807, 2.05) is 6.07 Å². The topological polar surface area (TPSA) is 72.0 Å². The van der Waals surface area contributed by atoms with Gasteiger partial charge in [-0.25, -0.2) is 9.78 Å². The summed E-state index contributed by atoms with van der Waals surface area (Å²) in [6, 6.07) is 20.5. The molecule has 0 bridgehead atoms. The van der Waals surface area contributed by atoms with Crippen LogP contribution in [0.1, 0.15) is 10.4 Å². The predicted molar refractivity (Wildman–Crippen MR) is 104 cm³/mol. The van der Waals surface area contributed by atoms with Crippen molar-refractivity contribution >= 4 is 28.5 Å². The van der Waals surface area contributed by atoms with E-state index >= 15 is 0 Å². The van der Waals surface area contributed by atoms with Crippen molar-refractivity contribution in [1.82, 2.24) is 9.97 Å². The molecule has 3 aromatic carbocycles. The molecular weight excluding hydrogens is 364 g/mol. The average Bonchev–Trinajstić information content (AvgIpc) is 2.68. The van der Waals surface area contributed by atoms with Crippen LogP contribution in [0.25, 0.3) is 22.3 Å². The molecule has 0 saturated carbocycles. The number of carbonyl (C=O) groups excluding carboxylic acids is 1. The lowest BCUT2D eigenvalue weighted by Crippen LogP contribution is -2.10. The molecule has 0 aliphatic carbocycles. The Morgan fingerprint density at radius 1 is 0.963 bits per heavy atom. The molecule has 0 radical (unpaired) electrons. The molecular formula is C21H13ClN2O3. The maximum absolute atomic E-state index is 12.3. The summed E-state index contributed by atoms with van der Waals surface area (Å²) in [6.07, 6.45) is 0. The molecule has 0 atom stereocenters. The van der Waals surface area contributed by atoms with Gasteiger partial charge in [-0.3, -0.25) is 4.79 Å². The van der Waals surface area contributed by atoms with E-state index in [9.17, 15) is 9.59 Å². The monoisotopic (exact) mass is 376 g/mol. The van der Waals surface area contributed by atoms with Gasteiger partial charge < -0.3 is 9.72 Å². The lowest BCUT2D eigenvalue weighted by molar-refractivity contribution is 0.0735. The standard InChI is InChI=1S/C21H13ClN2O3/c22-17-10-3-1-8-15(17)21(26)27-14-7-5-6-13(12-14)19-23-18-11-4-2-9-16(18)20(25)24-19/h1-12H,(H,23,24,25). The van der Waals surface area contributed by atoms with Gasteiger partial charge in [0.15, 0.2) is 0 Å². The maximum Gasteiger partial charge on any atom is 0.345 e. The molecule has 4 aromatic rings. The molecule has 6 heteroatoms. The Morgan fingerprint density at radius 2 is 1.74 bits per heavy atom. The number of para-hydroxylation sites is 1. The summed E-state index contributed by atoms with van der Waals surface area (Å²) in [4.78, 5) is 31.8. The third kappa shape index (κ3) is 3.45. The second-order valence-corrected chi connectivity index (χ2v) is 6.24. The SMILES string of the molecule is O=C(Oc1cccc(-c2nc3ccccc3c(=O)[nH]2)c1)c1ccccc1Cl. The van der Waals surface area contributed by atoms with E-state index in [1.165, 1.54) is 0 Å². The first-order valence-corrected chi connectivity index (χ1v) is 8.56. The Balaban J connectivity index is 1.68. The van der Waals surface area contributed by atoms with Gasteiger partial charge in [0.05, 0.1) is 21.5 Å². The summed E-state index contributed by atoms with van der Waals surface area (Å²) in [7, 11) is 0. The van der Waals surface area contributed by atoms with E-state index in [2.05, 4.69) is 9.97 Å². The Morgan fingerprint density at radius 3 is 2.59 bits per heavy atom. The zero-order valence-corrected chi connectivity index (χ0v) is 14.7. The quantitative estimate of drug-likeness (QED) is 0.423. The smallest absolute Gasteiger partial charge is 0.345 e. The number of benzene rings is 3. The summed E-state index contributed by atoms with van der Waals surface area (Å²) in [6.45, 7) is 0. The van der Waals surface area contributed by atoms with Gasteiger partial charge in [-0.15, -0.1) is 0 Å². The molecule has 5 nitrogen and oxygen atoms in total. The van der Waals surface area contributed by atoms with Gasteiger partial charge in [-0.2, -0.15) is 0 Å². The van der Waals surface area contributed by atoms with E-state index in [-0.39, 0.29) is 11.1 Å². The number of nitrogens with one attached hydrogen (secondary N) is 1. The number of carbonyl (C=O) groups is 1. The van der Waals surface area contributed by atoms with Crippen LogP contribution >= 0.6 is 11.6 Å². The van der Waals surface area contributed by atoms with Crippen LogP contribution in [0.2, 0.25) is 5.02 Å². The van der Waals surface area contributed by atoms with Gasteiger partial charge >= 0.3 is 5.97 Å². The number of H-pyrrole nitrogens is 1. The van der Waals surface area contributed by atoms with Crippen molar-refractivity contribution in [1.29, 1.82) is 0 Å². The van der Waals surface area contributed by atoms with Crippen LogP contribution in [-0.4, -0.2) is 15.9 Å². The number of hydrogen-bond donors (Lipinski definition) is 1. The van der Waals surface area contributed by atoms with Gasteiger partial charge in [-0.05, 0) is 36.4 Å². The minimum absolute atomic E-state index is 0.228. The normalized spacial score (nSPS) is 10.7. The first-order valence-electron chi connectivity index (χ1n) is 8.18. The number of hydrogen-bond acceptors (Lipinski definition) is 4. The van der Waals surface area contributed by atoms with E-state index in [0.29, 0.717) is 33.1 Å². The third-order valence-corrected chi connectivity index (χ3v) is 4.35. The maximum atomic E-state index is 12.3. The highest BCUT2D eigenvalue weighted by Gasteiger charge is 2.13. The fourth-order valence-electron chi connectivity index (χ4n) is 2.72. The first-order chi connectivity index (χ1) is 13.1. The molecule has 0 amide bonds. The minimum atomic E-state index is -0.558. The van der Waals surface area contributed by atoms with Gasteiger partial charge in [0.25, 0.3) is 5.56 Å². The molecule has 0 fully saturated rings. The third-order valence-electron chi connectivity index (χ3n) is 4.02. The minimum Gasteiger partial charge on any atom is -0.423 e. The van der Waals surface area contributed by atoms with Gasteiger partial charge in [0.1, 0.15) is 11.6 Å². The van der Waals surface area contributed by atoms with Crippen molar-refractivity contribution in [2.24, 2.45) is 0 Å². The summed E-state index contributed by atoms with van der Waals surface area (Å²) in [5, 5.41) is 0.835. The Hall–Kier alpha value is -3.44. The summed E-state index contributed by atoms with van der Waals surface area (Å²) in [5.41, 5.74) is 1.27. The Labute approximate surface area is 159 Å². The second-order valence-electron chi connectivity index (χ2n) is 5.83. The number of fused-ring (bicyclic) bond motifs is 1. The van der Waals surface area contributed by atoms with Crippen molar-refractivity contribution in [2.75, 3.05) is 0 Å².